The van der Waals surface area contributed by atoms with Crippen molar-refractivity contribution in [3.63, 3.8) is 0 Å². The summed E-state index contributed by atoms with van der Waals surface area (Å²) in [5, 5.41) is 9.24. The minimum atomic E-state index is -2.42. The van der Waals surface area contributed by atoms with Gasteiger partial charge in [-0.15, -0.1) is 0 Å². The molecule has 2 aliphatic heterocycles. The van der Waals surface area contributed by atoms with Gasteiger partial charge in [0, 0.05) is 6.54 Å². The molecule has 1 unspecified atom stereocenters. The average molecular weight is 307 g/mol. The molecule has 0 radical (unpaired) electrons. The summed E-state index contributed by atoms with van der Waals surface area (Å²) in [5.74, 6) is -1.76. The number of likely N-dealkylation sites (tertiary alicyclic amines) is 1. The monoisotopic (exact) mass is 307 g/mol. The standard InChI is InChI=1S/C16H18FNO4/c1-11-4-2-3-5-12(11)6-13(19)18-7-15(9-22-10-15)16(17,8-18)14(20)21/h2-5H,6-10H2,1H3,(H,20,21). The lowest BCUT2D eigenvalue weighted by atomic mass is 9.74. The van der Waals surface area contributed by atoms with Crippen LogP contribution in [-0.4, -0.2) is 53.9 Å². The maximum absolute atomic E-state index is 14.9. The summed E-state index contributed by atoms with van der Waals surface area (Å²) < 4.78 is 19.9. The van der Waals surface area contributed by atoms with Gasteiger partial charge in [-0.3, -0.25) is 4.79 Å². The van der Waals surface area contributed by atoms with Gasteiger partial charge in [0.2, 0.25) is 11.6 Å². The van der Waals surface area contributed by atoms with Crippen molar-refractivity contribution in [3.8, 4) is 0 Å². The van der Waals surface area contributed by atoms with Crippen LogP contribution in [-0.2, 0) is 20.7 Å². The van der Waals surface area contributed by atoms with Gasteiger partial charge < -0.3 is 14.7 Å². The zero-order valence-corrected chi connectivity index (χ0v) is 12.3. The highest BCUT2D eigenvalue weighted by molar-refractivity contribution is 5.85. The number of amides is 1. The zero-order chi connectivity index (χ0) is 16.0. The predicted molar refractivity (Wildman–Crippen MR) is 76.2 cm³/mol. The van der Waals surface area contributed by atoms with Crippen molar-refractivity contribution >= 4 is 11.9 Å². The van der Waals surface area contributed by atoms with E-state index in [2.05, 4.69) is 0 Å². The van der Waals surface area contributed by atoms with E-state index in [1.54, 1.807) is 0 Å². The molecule has 0 saturated carbocycles. The van der Waals surface area contributed by atoms with Crippen molar-refractivity contribution in [3.05, 3.63) is 35.4 Å². The number of carbonyl (C=O) groups excluding carboxylic acids is 1. The Labute approximate surface area is 127 Å². The molecule has 118 valence electrons. The van der Waals surface area contributed by atoms with E-state index in [0.717, 1.165) is 11.1 Å². The first-order valence-electron chi connectivity index (χ1n) is 7.20. The molecule has 1 aromatic rings. The number of alkyl halides is 1. The molecule has 1 atom stereocenters. The molecule has 1 aromatic carbocycles. The smallest absolute Gasteiger partial charge is 0.344 e. The van der Waals surface area contributed by atoms with Crippen LogP contribution >= 0.6 is 0 Å². The van der Waals surface area contributed by atoms with E-state index < -0.39 is 23.6 Å². The molecule has 1 N–H and O–H groups in total. The molecule has 6 heteroatoms. The van der Waals surface area contributed by atoms with Gasteiger partial charge in [-0.25, -0.2) is 9.18 Å². The van der Waals surface area contributed by atoms with Crippen LogP contribution in [0, 0.1) is 12.3 Å². The maximum atomic E-state index is 14.9. The lowest BCUT2D eigenvalue weighted by Crippen LogP contribution is -2.60. The third-order valence-electron chi connectivity index (χ3n) is 4.79. The van der Waals surface area contributed by atoms with Crippen molar-refractivity contribution < 1.29 is 23.8 Å². The van der Waals surface area contributed by atoms with Crippen LogP contribution in [0.1, 0.15) is 11.1 Å². The predicted octanol–water partition coefficient (Wildman–Crippen LogP) is 1.19. The van der Waals surface area contributed by atoms with E-state index in [1.165, 1.54) is 4.90 Å². The minimum absolute atomic E-state index is 0.0456. The van der Waals surface area contributed by atoms with Crippen molar-refractivity contribution in [2.45, 2.75) is 19.0 Å². The highest BCUT2D eigenvalue weighted by atomic mass is 19.1. The Balaban J connectivity index is 1.78. The zero-order valence-electron chi connectivity index (χ0n) is 12.3. The Morgan fingerprint density at radius 3 is 2.50 bits per heavy atom. The first-order valence-corrected chi connectivity index (χ1v) is 7.20. The molecular formula is C16H18FNO4. The summed E-state index contributed by atoms with van der Waals surface area (Å²) in [6.45, 7) is 1.69. The number of aliphatic carboxylic acids is 1. The van der Waals surface area contributed by atoms with Gasteiger partial charge in [-0.05, 0) is 18.1 Å². The summed E-state index contributed by atoms with van der Waals surface area (Å²) in [6, 6.07) is 7.49. The molecule has 0 aliphatic carbocycles. The third kappa shape index (κ3) is 2.09. The molecule has 2 heterocycles. The number of carboxylic acids is 1. The summed E-state index contributed by atoms with van der Waals surface area (Å²) in [5.41, 5.74) is -1.66. The van der Waals surface area contributed by atoms with E-state index in [9.17, 15) is 19.1 Å². The number of carbonyl (C=O) groups is 2. The van der Waals surface area contributed by atoms with Gasteiger partial charge in [-0.2, -0.15) is 0 Å². The van der Waals surface area contributed by atoms with E-state index in [0.29, 0.717) is 0 Å². The van der Waals surface area contributed by atoms with Crippen molar-refractivity contribution in [1.82, 2.24) is 4.90 Å². The number of benzene rings is 1. The van der Waals surface area contributed by atoms with Gasteiger partial charge >= 0.3 is 5.97 Å². The van der Waals surface area contributed by atoms with Crippen LogP contribution in [0.15, 0.2) is 24.3 Å². The molecule has 0 aromatic heterocycles. The Kier molecular flexibility index (Phi) is 3.44. The van der Waals surface area contributed by atoms with Crippen LogP contribution in [0.3, 0.4) is 0 Å². The summed E-state index contributed by atoms with van der Waals surface area (Å²) >= 11 is 0. The van der Waals surface area contributed by atoms with Crippen molar-refractivity contribution in [2.24, 2.45) is 5.41 Å². The van der Waals surface area contributed by atoms with E-state index in [4.69, 9.17) is 4.74 Å². The quantitative estimate of drug-likeness (QED) is 0.911. The molecule has 2 fully saturated rings. The van der Waals surface area contributed by atoms with Crippen LogP contribution in [0.2, 0.25) is 0 Å². The van der Waals surface area contributed by atoms with Crippen LogP contribution in [0.5, 0.6) is 0 Å². The van der Waals surface area contributed by atoms with Crippen molar-refractivity contribution in [2.75, 3.05) is 26.3 Å². The van der Waals surface area contributed by atoms with Crippen LogP contribution < -0.4 is 0 Å². The fourth-order valence-corrected chi connectivity index (χ4v) is 3.20. The molecule has 22 heavy (non-hydrogen) atoms. The topological polar surface area (TPSA) is 66.8 Å². The molecule has 3 rings (SSSR count). The van der Waals surface area contributed by atoms with Gasteiger partial charge in [0.15, 0.2) is 0 Å². The fraction of sp³-hybridized carbons (Fsp3) is 0.500. The third-order valence-corrected chi connectivity index (χ3v) is 4.79. The first-order chi connectivity index (χ1) is 10.4. The number of halogens is 1. The maximum Gasteiger partial charge on any atom is 0.344 e. The van der Waals surface area contributed by atoms with Gasteiger partial charge in [-0.1, -0.05) is 24.3 Å². The molecule has 1 spiro atoms. The Hall–Kier alpha value is -1.95. The first kappa shape index (κ1) is 15.0. The van der Waals surface area contributed by atoms with E-state index in [1.807, 2.05) is 31.2 Å². The second-order valence-corrected chi connectivity index (χ2v) is 6.23. The Morgan fingerprint density at radius 2 is 2.00 bits per heavy atom. The van der Waals surface area contributed by atoms with Gasteiger partial charge in [0.1, 0.15) is 0 Å². The molecule has 0 bridgehead atoms. The molecule has 1 amide bonds. The number of hydrogen-bond acceptors (Lipinski definition) is 3. The summed E-state index contributed by atoms with van der Waals surface area (Å²) in [6.07, 6.45) is 0.152. The minimum Gasteiger partial charge on any atom is -0.479 e. The highest BCUT2D eigenvalue weighted by Crippen LogP contribution is 2.48. The van der Waals surface area contributed by atoms with Crippen LogP contribution in [0.4, 0.5) is 4.39 Å². The highest BCUT2D eigenvalue weighted by Gasteiger charge is 2.68. The fourth-order valence-electron chi connectivity index (χ4n) is 3.20. The molecule has 2 aliphatic rings. The summed E-state index contributed by atoms with van der Waals surface area (Å²) in [7, 11) is 0. The number of rotatable bonds is 3. The molecule has 2 saturated heterocycles. The number of nitrogens with zero attached hydrogens (tertiary/aromatic N) is 1. The van der Waals surface area contributed by atoms with E-state index >= 15 is 0 Å². The molecule has 5 nitrogen and oxygen atoms in total. The Morgan fingerprint density at radius 1 is 1.32 bits per heavy atom. The van der Waals surface area contributed by atoms with Gasteiger partial charge in [0.05, 0.1) is 31.6 Å². The SMILES string of the molecule is Cc1ccccc1CC(=O)N1CC2(COC2)C(F)(C(=O)O)C1. The van der Waals surface area contributed by atoms with E-state index in [-0.39, 0.29) is 32.1 Å². The summed E-state index contributed by atoms with van der Waals surface area (Å²) in [4.78, 5) is 25.1. The molecular weight excluding hydrogens is 289 g/mol. The second-order valence-electron chi connectivity index (χ2n) is 6.23. The largest absolute Gasteiger partial charge is 0.479 e. The second kappa shape index (κ2) is 5.05. The van der Waals surface area contributed by atoms with Gasteiger partial charge in [0.25, 0.3) is 0 Å². The number of ether oxygens (including phenoxy) is 1. The Bertz CT molecular complexity index is 628. The number of aryl methyl sites for hydroxylation is 1. The normalized spacial score (nSPS) is 26.0. The average Bonchev–Trinajstić information content (AvgIpc) is 2.77. The lowest BCUT2D eigenvalue weighted by molar-refractivity contribution is -0.192. The van der Waals surface area contributed by atoms with Crippen LogP contribution in [0.25, 0.3) is 0 Å². The van der Waals surface area contributed by atoms with Crippen molar-refractivity contribution in [1.29, 1.82) is 0 Å². The number of carboxylic acid groups (broad SMARTS) is 1. The number of hydrogen-bond donors (Lipinski definition) is 1. The lowest BCUT2D eigenvalue weighted by Gasteiger charge is -2.43.